The number of rotatable bonds is 4. The third-order valence-electron chi connectivity index (χ3n) is 2.09. The number of hydrogen-bond acceptors (Lipinski definition) is 6. The molecule has 0 unspecified atom stereocenters. The molecule has 1 aliphatic rings. The predicted octanol–water partition coefficient (Wildman–Crippen LogP) is -1.65. The Morgan fingerprint density at radius 1 is 1.40 bits per heavy atom. The zero-order valence-electron chi connectivity index (χ0n) is 7.93. The number of esters is 2. The maximum atomic E-state index is 11.2. The summed E-state index contributed by atoms with van der Waals surface area (Å²) in [5.74, 6) is -3.13. The Labute approximate surface area is 85.4 Å². The average Bonchev–Trinajstić information content (AvgIpc) is 2.83. The minimum Gasteiger partial charge on any atom is -0.481 e. The van der Waals surface area contributed by atoms with E-state index < -0.39 is 35.9 Å². The van der Waals surface area contributed by atoms with Gasteiger partial charge in [-0.1, -0.05) is 0 Å². The van der Waals surface area contributed by atoms with Crippen molar-refractivity contribution in [2.45, 2.75) is 30.8 Å². The fourth-order valence-corrected chi connectivity index (χ4v) is 0.879. The van der Waals surface area contributed by atoms with Gasteiger partial charge < -0.3 is 21.3 Å². The van der Waals surface area contributed by atoms with Crippen LogP contribution >= 0.6 is 0 Å². The third-order valence-corrected chi connectivity index (χ3v) is 2.09. The molecule has 0 amide bonds. The summed E-state index contributed by atoms with van der Waals surface area (Å²) in [5, 5.41) is 8.34. The van der Waals surface area contributed by atoms with Crippen molar-refractivity contribution in [1.29, 1.82) is 0 Å². The largest absolute Gasteiger partial charge is 0.481 e. The van der Waals surface area contributed by atoms with E-state index in [0.29, 0.717) is 12.8 Å². The molecule has 1 saturated carbocycles. The molecular weight excluding hydrogens is 204 g/mol. The van der Waals surface area contributed by atoms with Gasteiger partial charge in [0.2, 0.25) is 0 Å². The van der Waals surface area contributed by atoms with Crippen molar-refractivity contribution in [1.82, 2.24) is 0 Å². The Bertz CT molecular complexity index is 310. The Kier molecular flexibility index (Phi) is 3.06. The van der Waals surface area contributed by atoms with E-state index in [-0.39, 0.29) is 0 Å². The van der Waals surface area contributed by atoms with Crippen LogP contribution in [0.15, 0.2) is 0 Å². The molecule has 1 atom stereocenters. The van der Waals surface area contributed by atoms with E-state index in [9.17, 15) is 14.4 Å². The Hall–Kier alpha value is -1.47. The summed E-state index contributed by atoms with van der Waals surface area (Å²) >= 11 is 0. The highest BCUT2D eigenvalue weighted by Crippen LogP contribution is 2.33. The SMILES string of the molecule is N[C@@H](CC(=O)O)C(=O)OC(=O)C1(N)CC1. The molecule has 84 valence electrons. The van der Waals surface area contributed by atoms with Gasteiger partial charge in [0.05, 0.1) is 6.42 Å². The smallest absolute Gasteiger partial charge is 0.333 e. The van der Waals surface area contributed by atoms with Crippen molar-refractivity contribution in [3.05, 3.63) is 0 Å². The van der Waals surface area contributed by atoms with E-state index in [1.165, 1.54) is 0 Å². The van der Waals surface area contributed by atoms with Crippen LogP contribution in [0.3, 0.4) is 0 Å². The minimum absolute atomic E-state index is 0.466. The van der Waals surface area contributed by atoms with Crippen LogP contribution in [0.4, 0.5) is 0 Å². The standard InChI is InChI=1S/C8H12N2O5/c9-4(3-5(11)12)6(13)15-7(14)8(10)1-2-8/h4H,1-3,9-10H2,(H,11,12)/t4-/m0/s1. The molecule has 0 bridgehead atoms. The van der Waals surface area contributed by atoms with Crippen molar-refractivity contribution >= 4 is 17.9 Å². The number of carboxylic acids is 1. The normalized spacial score (nSPS) is 19.1. The van der Waals surface area contributed by atoms with Gasteiger partial charge in [0, 0.05) is 0 Å². The summed E-state index contributed by atoms with van der Waals surface area (Å²) in [4.78, 5) is 32.4. The van der Waals surface area contributed by atoms with Crippen molar-refractivity contribution < 1.29 is 24.2 Å². The second kappa shape index (κ2) is 3.95. The van der Waals surface area contributed by atoms with E-state index in [0.717, 1.165) is 0 Å². The fraction of sp³-hybridized carbons (Fsp3) is 0.625. The molecule has 7 heteroatoms. The second-order valence-electron chi connectivity index (χ2n) is 3.57. The number of carbonyl (C=O) groups excluding carboxylic acids is 2. The summed E-state index contributed by atoms with van der Waals surface area (Å²) in [6.45, 7) is 0. The number of aliphatic carboxylic acids is 1. The van der Waals surface area contributed by atoms with Gasteiger partial charge in [0.1, 0.15) is 11.6 Å². The van der Waals surface area contributed by atoms with Gasteiger partial charge in [0.15, 0.2) is 0 Å². The highest BCUT2D eigenvalue weighted by molar-refractivity contribution is 5.95. The van der Waals surface area contributed by atoms with Crippen LogP contribution in [0.2, 0.25) is 0 Å². The van der Waals surface area contributed by atoms with Crippen LogP contribution in [0, 0.1) is 0 Å². The van der Waals surface area contributed by atoms with Crippen molar-refractivity contribution in [2.75, 3.05) is 0 Å². The molecule has 0 aromatic heterocycles. The van der Waals surface area contributed by atoms with Gasteiger partial charge in [0.25, 0.3) is 0 Å². The molecule has 0 aromatic rings. The van der Waals surface area contributed by atoms with Crippen LogP contribution in [0.25, 0.3) is 0 Å². The zero-order valence-corrected chi connectivity index (χ0v) is 7.93. The summed E-state index contributed by atoms with van der Waals surface area (Å²) in [5.41, 5.74) is 9.57. The van der Waals surface area contributed by atoms with E-state index >= 15 is 0 Å². The lowest BCUT2D eigenvalue weighted by atomic mass is 10.2. The summed E-state index contributed by atoms with van der Waals surface area (Å²) in [7, 11) is 0. The monoisotopic (exact) mass is 216 g/mol. The lowest BCUT2D eigenvalue weighted by molar-refractivity contribution is -0.163. The van der Waals surface area contributed by atoms with Gasteiger partial charge in [-0.2, -0.15) is 0 Å². The van der Waals surface area contributed by atoms with Gasteiger partial charge in [-0.3, -0.25) is 4.79 Å². The number of hydrogen-bond donors (Lipinski definition) is 3. The average molecular weight is 216 g/mol. The van der Waals surface area contributed by atoms with Crippen LogP contribution in [-0.4, -0.2) is 34.6 Å². The summed E-state index contributed by atoms with van der Waals surface area (Å²) in [6.07, 6.45) is 0.351. The third kappa shape index (κ3) is 3.00. The second-order valence-corrected chi connectivity index (χ2v) is 3.57. The van der Waals surface area contributed by atoms with Crippen molar-refractivity contribution in [3.63, 3.8) is 0 Å². The van der Waals surface area contributed by atoms with Crippen molar-refractivity contribution in [3.8, 4) is 0 Å². The van der Waals surface area contributed by atoms with E-state index in [1.54, 1.807) is 0 Å². The Balaban J connectivity index is 2.41. The first-order valence-corrected chi connectivity index (χ1v) is 4.37. The van der Waals surface area contributed by atoms with E-state index in [4.69, 9.17) is 16.6 Å². The van der Waals surface area contributed by atoms with E-state index in [2.05, 4.69) is 4.74 Å². The predicted molar refractivity (Wildman–Crippen MR) is 47.5 cm³/mol. The number of carbonyl (C=O) groups is 3. The molecule has 0 saturated heterocycles. The zero-order chi connectivity index (χ0) is 11.6. The number of ether oxygens (including phenoxy) is 1. The highest BCUT2D eigenvalue weighted by atomic mass is 16.6. The molecule has 7 nitrogen and oxygen atoms in total. The highest BCUT2D eigenvalue weighted by Gasteiger charge is 2.48. The van der Waals surface area contributed by atoms with Gasteiger partial charge >= 0.3 is 17.9 Å². The first kappa shape index (κ1) is 11.6. The lowest BCUT2D eigenvalue weighted by Gasteiger charge is -2.10. The summed E-state index contributed by atoms with van der Waals surface area (Å²) < 4.78 is 4.35. The number of carboxylic acid groups (broad SMARTS) is 1. The Morgan fingerprint density at radius 2 is 1.93 bits per heavy atom. The van der Waals surface area contributed by atoms with Gasteiger partial charge in [-0.15, -0.1) is 0 Å². The molecule has 1 aliphatic carbocycles. The Morgan fingerprint density at radius 3 is 2.33 bits per heavy atom. The molecular formula is C8H12N2O5. The molecule has 15 heavy (non-hydrogen) atoms. The molecule has 0 aromatic carbocycles. The van der Waals surface area contributed by atoms with Gasteiger partial charge in [-0.25, -0.2) is 9.59 Å². The van der Waals surface area contributed by atoms with Crippen LogP contribution in [0.1, 0.15) is 19.3 Å². The molecule has 0 radical (unpaired) electrons. The quantitative estimate of drug-likeness (QED) is 0.378. The first-order chi connectivity index (χ1) is 6.85. The van der Waals surface area contributed by atoms with Crippen molar-refractivity contribution in [2.24, 2.45) is 11.5 Å². The van der Waals surface area contributed by atoms with Gasteiger partial charge in [-0.05, 0) is 12.8 Å². The van der Waals surface area contributed by atoms with Crippen LogP contribution in [-0.2, 0) is 19.1 Å². The topological polar surface area (TPSA) is 133 Å². The lowest BCUT2D eigenvalue weighted by Crippen LogP contribution is -2.41. The molecule has 1 fully saturated rings. The maximum Gasteiger partial charge on any atom is 0.333 e. The first-order valence-electron chi connectivity index (χ1n) is 4.37. The van der Waals surface area contributed by atoms with E-state index in [1.807, 2.05) is 0 Å². The molecule has 0 spiro atoms. The van der Waals surface area contributed by atoms with Crippen LogP contribution in [0.5, 0.6) is 0 Å². The maximum absolute atomic E-state index is 11.2. The number of nitrogens with two attached hydrogens (primary N) is 2. The fourth-order valence-electron chi connectivity index (χ4n) is 0.879. The summed E-state index contributed by atoms with van der Waals surface area (Å²) in [6, 6.07) is -1.34. The minimum atomic E-state index is -1.34. The molecule has 0 aliphatic heterocycles. The molecule has 5 N–H and O–H groups in total. The molecule has 1 rings (SSSR count). The van der Waals surface area contributed by atoms with Crippen LogP contribution < -0.4 is 11.5 Å². The molecule has 0 heterocycles.